The summed E-state index contributed by atoms with van der Waals surface area (Å²) < 4.78 is 0. The maximum absolute atomic E-state index is 10.5. The largest absolute Gasteiger partial charge is 0.507 e. The maximum atomic E-state index is 10.5. The lowest BCUT2D eigenvalue weighted by Gasteiger charge is -2.29. The molecule has 0 bridgehead atoms. The summed E-state index contributed by atoms with van der Waals surface area (Å²) in [6, 6.07) is 26.3. The Morgan fingerprint density at radius 3 is 2.28 bits per heavy atom. The molecule has 0 fully saturated rings. The Kier molecular flexibility index (Phi) is 5.60. The number of aliphatic imine (C=N–C) groups is 1. The molecule has 1 aromatic heterocycles. The lowest BCUT2D eigenvalue weighted by molar-refractivity contribution is 0.469. The van der Waals surface area contributed by atoms with Crippen molar-refractivity contribution in [2.24, 2.45) is 10.4 Å². The van der Waals surface area contributed by atoms with E-state index in [0.717, 1.165) is 33.5 Å². The lowest BCUT2D eigenvalue weighted by atomic mass is 9.83. The third kappa shape index (κ3) is 4.29. The van der Waals surface area contributed by atoms with E-state index in [-0.39, 0.29) is 11.2 Å². The lowest BCUT2D eigenvalue weighted by Crippen LogP contribution is -2.27. The van der Waals surface area contributed by atoms with Crippen LogP contribution in [0.1, 0.15) is 45.7 Å². The van der Waals surface area contributed by atoms with Gasteiger partial charge in [0, 0.05) is 28.1 Å². The van der Waals surface area contributed by atoms with Gasteiger partial charge in [-0.2, -0.15) is 0 Å². The number of nitrogens with zero attached hydrogens (tertiary/aromatic N) is 2. The van der Waals surface area contributed by atoms with Gasteiger partial charge in [0.1, 0.15) is 5.75 Å². The minimum absolute atomic E-state index is 0.231. The van der Waals surface area contributed by atoms with E-state index >= 15 is 0 Å². The SMILES string of the molecule is CC(C)(C)C(=NC(C)(C)c1cccc(-c2nccc3ccccc23)c1)c1ccccc1O. The third-order valence-electron chi connectivity index (χ3n) is 5.78. The predicted octanol–water partition coefficient (Wildman–Crippen LogP) is 7.38. The van der Waals surface area contributed by atoms with E-state index in [2.05, 4.69) is 71.0 Å². The summed E-state index contributed by atoms with van der Waals surface area (Å²) in [5, 5.41) is 12.8. The number of fused-ring (bicyclic) bond motifs is 1. The van der Waals surface area contributed by atoms with Crippen LogP contribution in [0, 0.1) is 5.41 Å². The van der Waals surface area contributed by atoms with Gasteiger partial charge in [-0.05, 0) is 49.1 Å². The van der Waals surface area contributed by atoms with Crippen LogP contribution in [0.3, 0.4) is 0 Å². The molecule has 0 aliphatic rings. The van der Waals surface area contributed by atoms with Gasteiger partial charge in [-0.3, -0.25) is 9.98 Å². The highest BCUT2D eigenvalue weighted by Gasteiger charge is 2.28. The fraction of sp³-hybridized carbons (Fsp3) is 0.241. The van der Waals surface area contributed by atoms with Crippen LogP contribution in [0.15, 0.2) is 90.1 Å². The molecule has 0 radical (unpaired) electrons. The molecular weight excluding hydrogens is 392 g/mol. The zero-order valence-electron chi connectivity index (χ0n) is 19.4. The van der Waals surface area contributed by atoms with E-state index in [4.69, 9.17) is 9.98 Å². The van der Waals surface area contributed by atoms with Gasteiger partial charge in [-0.15, -0.1) is 0 Å². The summed E-state index contributed by atoms with van der Waals surface area (Å²) in [6.45, 7) is 10.6. The highest BCUT2D eigenvalue weighted by atomic mass is 16.3. The average Bonchev–Trinajstić information content (AvgIpc) is 2.77. The molecule has 4 rings (SSSR count). The van der Waals surface area contributed by atoms with Crippen LogP contribution in [0.5, 0.6) is 5.75 Å². The van der Waals surface area contributed by atoms with Crippen molar-refractivity contribution in [3.05, 3.63) is 96.2 Å². The summed E-state index contributed by atoms with van der Waals surface area (Å²) >= 11 is 0. The van der Waals surface area contributed by atoms with Gasteiger partial charge in [-0.25, -0.2) is 0 Å². The van der Waals surface area contributed by atoms with Crippen molar-refractivity contribution in [3.63, 3.8) is 0 Å². The van der Waals surface area contributed by atoms with Gasteiger partial charge in [0.2, 0.25) is 0 Å². The zero-order chi connectivity index (χ0) is 22.9. The third-order valence-corrected chi connectivity index (χ3v) is 5.78. The summed E-state index contributed by atoms with van der Waals surface area (Å²) in [5.74, 6) is 0.255. The van der Waals surface area contributed by atoms with Gasteiger partial charge in [-0.1, -0.05) is 75.4 Å². The Bertz CT molecular complexity index is 1290. The van der Waals surface area contributed by atoms with Gasteiger partial charge in [0.15, 0.2) is 0 Å². The number of phenolic OH excluding ortho intramolecular Hbond substituents is 1. The standard InChI is InChI=1S/C29H30N2O/c1-28(2,3)27(24-15-8-9-16-25(24)32)31-29(4,5)22-13-10-12-21(19-22)26-23-14-7-6-11-20(23)17-18-30-26/h6-19,32H,1-5H3. The van der Waals surface area contributed by atoms with E-state index in [1.807, 2.05) is 42.6 Å². The van der Waals surface area contributed by atoms with E-state index < -0.39 is 5.54 Å². The van der Waals surface area contributed by atoms with Crippen LogP contribution >= 0.6 is 0 Å². The second-order valence-electron chi connectivity index (χ2n) is 9.75. The van der Waals surface area contributed by atoms with Gasteiger partial charge >= 0.3 is 0 Å². The number of aromatic hydroxyl groups is 1. The minimum Gasteiger partial charge on any atom is -0.507 e. The Morgan fingerprint density at radius 1 is 0.812 bits per heavy atom. The number of aromatic nitrogens is 1. The van der Waals surface area contributed by atoms with Crippen LogP contribution in [-0.4, -0.2) is 15.8 Å². The second-order valence-corrected chi connectivity index (χ2v) is 9.75. The van der Waals surface area contributed by atoms with Crippen molar-refractivity contribution in [1.29, 1.82) is 0 Å². The van der Waals surface area contributed by atoms with Crippen LogP contribution < -0.4 is 0 Å². The molecule has 0 atom stereocenters. The Balaban J connectivity index is 1.83. The summed E-state index contributed by atoms with van der Waals surface area (Å²) in [7, 11) is 0. The molecule has 0 saturated carbocycles. The summed E-state index contributed by atoms with van der Waals surface area (Å²) in [4.78, 5) is 9.91. The normalized spacial score (nSPS) is 12.8. The molecular formula is C29H30N2O. The molecule has 3 heteroatoms. The van der Waals surface area contributed by atoms with Crippen molar-refractivity contribution in [1.82, 2.24) is 4.98 Å². The van der Waals surface area contributed by atoms with Crippen LogP contribution in [0.25, 0.3) is 22.0 Å². The first kappa shape index (κ1) is 21.8. The fourth-order valence-electron chi connectivity index (χ4n) is 4.05. The van der Waals surface area contributed by atoms with E-state index in [9.17, 15) is 5.11 Å². The van der Waals surface area contributed by atoms with Crippen molar-refractivity contribution >= 4 is 16.5 Å². The molecule has 162 valence electrons. The molecule has 0 spiro atoms. The van der Waals surface area contributed by atoms with Gasteiger partial charge < -0.3 is 5.11 Å². The van der Waals surface area contributed by atoms with Crippen LogP contribution in [-0.2, 0) is 5.54 Å². The number of para-hydroxylation sites is 1. The Morgan fingerprint density at radius 2 is 1.53 bits per heavy atom. The number of hydrogen-bond donors (Lipinski definition) is 1. The highest BCUT2D eigenvalue weighted by molar-refractivity contribution is 6.06. The van der Waals surface area contributed by atoms with Gasteiger partial charge in [0.25, 0.3) is 0 Å². The molecule has 32 heavy (non-hydrogen) atoms. The fourth-order valence-corrected chi connectivity index (χ4v) is 4.05. The molecule has 1 heterocycles. The number of benzene rings is 3. The van der Waals surface area contributed by atoms with Crippen molar-refractivity contribution < 1.29 is 5.11 Å². The van der Waals surface area contributed by atoms with Crippen molar-refractivity contribution in [2.45, 2.75) is 40.2 Å². The monoisotopic (exact) mass is 422 g/mol. The predicted molar refractivity (Wildman–Crippen MR) is 134 cm³/mol. The smallest absolute Gasteiger partial charge is 0.124 e. The molecule has 3 nitrogen and oxygen atoms in total. The maximum Gasteiger partial charge on any atom is 0.124 e. The molecule has 4 aromatic rings. The topological polar surface area (TPSA) is 45.5 Å². The first-order chi connectivity index (χ1) is 15.2. The Hall–Kier alpha value is -3.46. The molecule has 0 unspecified atom stereocenters. The number of hydrogen-bond acceptors (Lipinski definition) is 3. The van der Waals surface area contributed by atoms with Crippen molar-refractivity contribution in [2.75, 3.05) is 0 Å². The first-order valence-corrected chi connectivity index (χ1v) is 11.0. The van der Waals surface area contributed by atoms with Crippen LogP contribution in [0.2, 0.25) is 0 Å². The first-order valence-electron chi connectivity index (χ1n) is 11.0. The van der Waals surface area contributed by atoms with Crippen molar-refractivity contribution in [3.8, 4) is 17.0 Å². The quantitative estimate of drug-likeness (QED) is 0.349. The molecule has 3 aromatic carbocycles. The zero-order valence-corrected chi connectivity index (χ0v) is 19.4. The van der Waals surface area contributed by atoms with E-state index in [1.54, 1.807) is 6.07 Å². The number of rotatable bonds is 4. The van der Waals surface area contributed by atoms with Gasteiger partial charge in [0.05, 0.1) is 16.9 Å². The summed E-state index contributed by atoms with van der Waals surface area (Å²) in [5.41, 5.74) is 4.08. The molecule has 0 aliphatic heterocycles. The van der Waals surface area contributed by atoms with E-state index in [0.29, 0.717) is 0 Å². The second kappa shape index (κ2) is 8.23. The molecule has 0 aliphatic carbocycles. The van der Waals surface area contributed by atoms with Crippen LogP contribution in [0.4, 0.5) is 0 Å². The molecule has 1 N–H and O–H groups in total. The highest BCUT2D eigenvalue weighted by Crippen LogP contribution is 2.35. The Labute approximate surface area is 190 Å². The summed E-state index contributed by atoms with van der Waals surface area (Å²) in [6.07, 6.45) is 1.86. The molecule has 0 saturated heterocycles. The van der Waals surface area contributed by atoms with E-state index in [1.165, 1.54) is 5.39 Å². The number of phenols is 1. The number of pyridine rings is 1. The minimum atomic E-state index is -0.495. The molecule has 0 amide bonds. The average molecular weight is 423 g/mol.